The molecule has 0 radical (unpaired) electrons. The predicted octanol–water partition coefficient (Wildman–Crippen LogP) is 2.88. The van der Waals surface area contributed by atoms with E-state index in [2.05, 4.69) is 27.9 Å². The molecule has 0 aliphatic heterocycles. The fourth-order valence-electron chi connectivity index (χ4n) is 1.04. The second kappa shape index (κ2) is 6.19. The van der Waals surface area contributed by atoms with E-state index in [1.54, 1.807) is 6.07 Å². The van der Waals surface area contributed by atoms with E-state index >= 15 is 0 Å². The molecule has 0 amide bonds. The lowest BCUT2D eigenvalue weighted by Gasteiger charge is -2.08. The van der Waals surface area contributed by atoms with Gasteiger partial charge in [0, 0.05) is 22.4 Å². The van der Waals surface area contributed by atoms with Gasteiger partial charge in [0.1, 0.15) is 5.82 Å². The molecule has 0 aliphatic carbocycles. The quantitative estimate of drug-likeness (QED) is 0.667. The molecule has 0 aliphatic rings. The molecule has 4 heteroatoms. The summed E-state index contributed by atoms with van der Waals surface area (Å²) in [7, 11) is 0. The summed E-state index contributed by atoms with van der Waals surface area (Å²) in [5.41, 5.74) is 0.951. The summed E-state index contributed by atoms with van der Waals surface area (Å²) in [6, 6.07) is 4.69. The summed E-state index contributed by atoms with van der Waals surface area (Å²) in [6.45, 7) is 4.10. The van der Waals surface area contributed by atoms with Crippen molar-refractivity contribution < 1.29 is 9.13 Å². The smallest absolute Gasteiger partial charge is 0.124 e. The van der Waals surface area contributed by atoms with Crippen molar-refractivity contribution in [1.82, 2.24) is 0 Å². The summed E-state index contributed by atoms with van der Waals surface area (Å²) in [4.78, 5) is 0. The fraction of sp³-hybridized carbons (Fsp3) is 0.400. The highest BCUT2D eigenvalue weighted by molar-refractivity contribution is 14.1. The summed E-state index contributed by atoms with van der Waals surface area (Å²) in [6.07, 6.45) is 0. The third-order valence-electron chi connectivity index (χ3n) is 1.70. The summed E-state index contributed by atoms with van der Waals surface area (Å²) >= 11 is 2.10. The van der Waals surface area contributed by atoms with Gasteiger partial charge in [0.25, 0.3) is 0 Å². The molecule has 0 bridgehead atoms. The van der Waals surface area contributed by atoms with Crippen molar-refractivity contribution in [2.45, 2.75) is 6.92 Å². The molecule has 0 fully saturated rings. The lowest BCUT2D eigenvalue weighted by Crippen LogP contribution is -2.10. The van der Waals surface area contributed by atoms with Gasteiger partial charge in [0.15, 0.2) is 0 Å². The number of ether oxygens (including phenoxy) is 1. The Bertz CT molecular complexity index is 293. The van der Waals surface area contributed by atoms with E-state index in [0.717, 1.165) is 22.4 Å². The first-order valence-electron chi connectivity index (χ1n) is 4.50. The standard InChI is InChI=1S/C10H13FINO/c1-2-14-6-5-13-10-4-3-8(11)7-9(10)12/h3-4,7,13H,2,5-6H2,1H3. The van der Waals surface area contributed by atoms with Crippen LogP contribution in [-0.4, -0.2) is 19.8 Å². The minimum atomic E-state index is -0.204. The molecule has 0 spiro atoms. The van der Waals surface area contributed by atoms with Crippen molar-refractivity contribution in [3.63, 3.8) is 0 Å². The molecule has 0 unspecified atom stereocenters. The van der Waals surface area contributed by atoms with Gasteiger partial charge in [-0.3, -0.25) is 0 Å². The topological polar surface area (TPSA) is 21.3 Å². The van der Waals surface area contributed by atoms with Gasteiger partial charge in [-0.1, -0.05) is 0 Å². The molecule has 0 saturated carbocycles. The van der Waals surface area contributed by atoms with Crippen LogP contribution in [0, 0.1) is 9.39 Å². The van der Waals surface area contributed by atoms with Gasteiger partial charge in [-0.05, 0) is 47.7 Å². The van der Waals surface area contributed by atoms with Gasteiger partial charge < -0.3 is 10.1 Å². The highest BCUT2D eigenvalue weighted by atomic mass is 127. The van der Waals surface area contributed by atoms with E-state index in [1.165, 1.54) is 12.1 Å². The van der Waals surface area contributed by atoms with Crippen molar-refractivity contribution in [1.29, 1.82) is 0 Å². The highest BCUT2D eigenvalue weighted by Gasteiger charge is 1.99. The minimum absolute atomic E-state index is 0.204. The first-order chi connectivity index (χ1) is 6.74. The normalized spacial score (nSPS) is 10.2. The van der Waals surface area contributed by atoms with Crippen LogP contribution >= 0.6 is 22.6 Å². The predicted molar refractivity (Wildman–Crippen MR) is 64.1 cm³/mol. The summed E-state index contributed by atoms with van der Waals surface area (Å²) < 4.78 is 18.8. The maximum Gasteiger partial charge on any atom is 0.124 e. The lowest BCUT2D eigenvalue weighted by molar-refractivity contribution is 0.158. The zero-order valence-corrected chi connectivity index (χ0v) is 10.2. The SMILES string of the molecule is CCOCCNc1ccc(F)cc1I. The van der Waals surface area contributed by atoms with E-state index in [-0.39, 0.29) is 5.82 Å². The molecule has 0 aromatic heterocycles. The fourth-order valence-corrected chi connectivity index (χ4v) is 1.70. The first-order valence-corrected chi connectivity index (χ1v) is 5.58. The number of hydrogen-bond acceptors (Lipinski definition) is 2. The van der Waals surface area contributed by atoms with Crippen LogP contribution in [0.15, 0.2) is 18.2 Å². The zero-order valence-electron chi connectivity index (χ0n) is 8.02. The van der Waals surface area contributed by atoms with Crippen molar-refractivity contribution in [2.75, 3.05) is 25.1 Å². The molecule has 2 nitrogen and oxygen atoms in total. The van der Waals surface area contributed by atoms with Gasteiger partial charge in [-0.15, -0.1) is 0 Å². The van der Waals surface area contributed by atoms with E-state index in [9.17, 15) is 4.39 Å². The van der Waals surface area contributed by atoms with Crippen molar-refractivity contribution >= 4 is 28.3 Å². The van der Waals surface area contributed by atoms with Crippen molar-refractivity contribution in [3.05, 3.63) is 27.6 Å². The number of benzene rings is 1. The first kappa shape index (κ1) is 11.7. The van der Waals surface area contributed by atoms with E-state index in [0.29, 0.717) is 6.61 Å². The number of anilines is 1. The van der Waals surface area contributed by atoms with Gasteiger partial charge in [0.05, 0.1) is 6.61 Å². The average molecular weight is 309 g/mol. The van der Waals surface area contributed by atoms with Gasteiger partial charge in [-0.25, -0.2) is 4.39 Å². The molecule has 1 aromatic carbocycles. The van der Waals surface area contributed by atoms with Gasteiger partial charge in [-0.2, -0.15) is 0 Å². The zero-order chi connectivity index (χ0) is 10.4. The van der Waals surface area contributed by atoms with Crippen LogP contribution in [0.2, 0.25) is 0 Å². The van der Waals surface area contributed by atoms with Crippen LogP contribution in [-0.2, 0) is 4.74 Å². The Balaban J connectivity index is 2.42. The van der Waals surface area contributed by atoms with Crippen LogP contribution in [0.25, 0.3) is 0 Å². The maximum absolute atomic E-state index is 12.7. The third kappa shape index (κ3) is 3.79. The number of hydrogen-bond donors (Lipinski definition) is 1. The Labute approximate surface area is 97.0 Å². The number of halogens is 2. The Morgan fingerprint density at radius 1 is 1.50 bits per heavy atom. The molecule has 1 N–H and O–H groups in total. The second-order valence-corrected chi connectivity index (χ2v) is 3.91. The van der Waals surface area contributed by atoms with Crippen LogP contribution in [0.3, 0.4) is 0 Å². The number of nitrogens with one attached hydrogen (secondary N) is 1. The molecule has 0 atom stereocenters. The Kier molecular flexibility index (Phi) is 5.17. The lowest BCUT2D eigenvalue weighted by atomic mass is 10.3. The van der Waals surface area contributed by atoms with Gasteiger partial charge >= 0.3 is 0 Å². The molecule has 1 aromatic rings. The van der Waals surface area contributed by atoms with E-state index in [1.807, 2.05) is 6.92 Å². The number of rotatable bonds is 5. The molecular weight excluding hydrogens is 296 g/mol. The highest BCUT2D eigenvalue weighted by Crippen LogP contribution is 2.18. The van der Waals surface area contributed by atoms with E-state index < -0.39 is 0 Å². The monoisotopic (exact) mass is 309 g/mol. The molecule has 0 saturated heterocycles. The molecule has 78 valence electrons. The van der Waals surface area contributed by atoms with Crippen molar-refractivity contribution in [2.24, 2.45) is 0 Å². The van der Waals surface area contributed by atoms with Gasteiger partial charge in [0.2, 0.25) is 0 Å². The maximum atomic E-state index is 12.7. The van der Waals surface area contributed by atoms with Crippen LogP contribution in [0.5, 0.6) is 0 Å². The average Bonchev–Trinajstić information content (AvgIpc) is 2.15. The van der Waals surface area contributed by atoms with Crippen LogP contribution in [0.1, 0.15) is 6.92 Å². The van der Waals surface area contributed by atoms with Crippen LogP contribution < -0.4 is 5.32 Å². The molecule has 14 heavy (non-hydrogen) atoms. The molecule has 0 heterocycles. The summed E-state index contributed by atoms with van der Waals surface area (Å²) in [5.74, 6) is -0.204. The second-order valence-electron chi connectivity index (χ2n) is 2.75. The Morgan fingerprint density at radius 3 is 2.93 bits per heavy atom. The third-order valence-corrected chi connectivity index (χ3v) is 2.59. The molecular formula is C10H13FINO. The van der Waals surface area contributed by atoms with E-state index in [4.69, 9.17) is 4.74 Å². The molecule has 1 rings (SSSR count). The van der Waals surface area contributed by atoms with Crippen molar-refractivity contribution in [3.8, 4) is 0 Å². The van der Waals surface area contributed by atoms with Crippen LogP contribution in [0.4, 0.5) is 10.1 Å². The Hall–Kier alpha value is -0.360. The summed E-state index contributed by atoms with van der Waals surface area (Å²) in [5, 5.41) is 3.18. The minimum Gasteiger partial charge on any atom is -0.382 e. The Morgan fingerprint density at radius 2 is 2.29 bits per heavy atom. The largest absolute Gasteiger partial charge is 0.382 e.